The van der Waals surface area contributed by atoms with Crippen molar-refractivity contribution in [3.05, 3.63) is 40.8 Å². The monoisotopic (exact) mass is 331 g/mol. The lowest BCUT2D eigenvalue weighted by atomic mass is 10.2. The SMILES string of the molecule is CCCCc1nc(Cl)c2nnn(Cc3ccc(OC)cc3)c2n1. The first-order chi connectivity index (χ1) is 11.2. The topological polar surface area (TPSA) is 65.7 Å². The predicted molar refractivity (Wildman–Crippen MR) is 88.8 cm³/mol. The molecule has 0 atom stereocenters. The highest BCUT2D eigenvalue weighted by Crippen LogP contribution is 2.20. The van der Waals surface area contributed by atoms with E-state index in [9.17, 15) is 0 Å². The first-order valence-corrected chi connectivity index (χ1v) is 7.97. The van der Waals surface area contributed by atoms with E-state index in [1.54, 1.807) is 11.8 Å². The van der Waals surface area contributed by atoms with Crippen molar-refractivity contribution in [1.82, 2.24) is 25.0 Å². The summed E-state index contributed by atoms with van der Waals surface area (Å²) in [5, 5.41) is 8.63. The van der Waals surface area contributed by atoms with Gasteiger partial charge in [-0.1, -0.05) is 42.3 Å². The molecule has 2 aromatic heterocycles. The largest absolute Gasteiger partial charge is 0.497 e. The number of aromatic nitrogens is 5. The van der Waals surface area contributed by atoms with E-state index in [1.165, 1.54) is 0 Å². The van der Waals surface area contributed by atoms with Crippen LogP contribution in [0, 0.1) is 0 Å². The van der Waals surface area contributed by atoms with Crippen LogP contribution < -0.4 is 4.74 Å². The lowest BCUT2D eigenvalue weighted by molar-refractivity contribution is 0.414. The van der Waals surface area contributed by atoms with Gasteiger partial charge in [0.15, 0.2) is 16.3 Å². The molecule has 6 nitrogen and oxygen atoms in total. The number of unbranched alkanes of at least 4 members (excludes halogenated alkanes) is 1. The second-order valence-electron chi connectivity index (χ2n) is 5.30. The molecule has 0 N–H and O–H groups in total. The average molecular weight is 332 g/mol. The molecule has 0 aliphatic carbocycles. The summed E-state index contributed by atoms with van der Waals surface area (Å²) in [6.45, 7) is 2.71. The van der Waals surface area contributed by atoms with Crippen LogP contribution in [0.4, 0.5) is 0 Å². The van der Waals surface area contributed by atoms with Gasteiger partial charge in [0, 0.05) is 6.42 Å². The first kappa shape index (κ1) is 15.7. The number of methoxy groups -OCH3 is 1. The molecule has 1 aromatic carbocycles. The van der Waals surface area contributed by atoms with Crippen molar-refractivity contribution in [2.45, 2.75) is 32.7 Å². The Kier molecular flexibility index (Phi) is 4.71. The highest BCUT2D eigenvalue weighted by Gasteiger charge is 2.13. The highest BCUT2D eigenvalue weighted by molar-refractivity contribution is 6.33. The second-order valence-corrected chi connectivity index (χ2v) is 5.66. The van der Waals surface area contributed by atoms with Crippen molar-refractivity contribution in [3.63, 3.8) is 0 Å². The molecule has 2 heterocycles. The molecule has 0 saturated heterocycles. The quantitative estimate of drug-likeness (QED) is 0.648. The lowest BCUT2D eigenvalue weighted by Crippen LogP contribution is -2.05. The van der Waals surface area contributed by atoms with Gasteiger partial charge in [0.05, 0.1) is 13.7 Å². The van der Waals surface area contributed by atoms with Crippen LogP contribution in [-0.4, -0.2) is 32.1 Å². The number of rotatable bonds is 6. The molecule has 0 radical (unpaired) electrons. The van der Waals surface area contributed by atoms with Crippen LogP contribution in [-0.2, 0) is 13.0 Å². The van der Waals surface area contributed by atoms with Gasteiger partial charge >= 0.3 is 0 Å². The third-order valence-corrected chi connectivity index (χ3v) is 3.88. The van der Waals surface area contributed by atoms with E-state index in [-0.39, 0.29) is 0 Å². The maximum atomic E-state index is 6.21. The van der Waals surface area contributed by atoms with Crippen LogP contribution in [0.1, 0.15) is 31.2 Å². The number of aryl methyl sites for hydroxylation is 1. The Hall–Kier alpha value is -2.21. The van der Waals surface area contributed by atoms with E-state index in [1.807, 2.05) is 24.3 Å². The fourth-order valence-corrected chi connectivity index (χ4v) is 2.54. The maximum Gasteiger partial charge on any atom is 0.183 e. The van der Waals surface area contributed by atoms with Crippen LogP contribution in [0.5, 0.6) is 5.75 Å². The van der Waals surface area contributed by atoms with Gasteiger partial charge in [-0.3, -0.25) is 0 Å². The summed E-state index contributed by atoms with van der Waals surface area (Å²) in [4.78, 5) is 8.88. The zero-order valence-electron chi connectivity index (χ0n) is 13.2. The zero-order chi connectivity index (χ0) is 16.2. The number of hydrogen-bond acceptors (Lipinski definition) is 5. The Labute approximate surface area is 139 Å². The lowest BCUT2D eigenvalue weighted by Gasteiger charge is -2.05. The molecular formula is C16H18ClN5O. The minimum atomic E-state index is 0.363. The van der Waals surface area contributed by atoms with Gasteiger partial charge in [-0.2, -0.15) is 0 Å². The molecule has 23 heavy (non-hydrogen) atoms. The van der Waals surface area contributed by atoms with E-state index in [0.29, 0.717) is 22.9 Å². The Bertz CT molecular complexity index is 800. The highest BCUT2D eigenvalue weighted by atomic mass is 35.5. The Morgan fingerprint density at radius 2 is 1.96 bits per heavy atom. The molecule has 7 heteroatoms. The number of fused-ring (bicyclic) bond motifs is 1. The summed E-state index contributed by atoms with van der Waals surface area (Å²) >= 11 is 6.21. The van der Waals surface area contributed by atoms with Gasteiger partial charge in [0.25, 0.3) is 0 Å². The number of hydrogen-bond donors (Lipinski definition) is 0. The minimum absolute atomic E-state index is 0.363. The first-order valence-electron chi connectivity index (χ1n) is 7.59. The van der Waals surface area contributed by atoms with Crippen LogP contribution in [0.2, 0.25) is 5.15 Å². The Balaban J connectivity index is 1.91. The molecule has 0 bridgehead atoms. The molecule has 0 amide bonds. The van der Waals surface area contributed by atoms with Crippen LogP contribution in [0.25, 0.3) is 11.2 Å². The summed E-state index contributed by atoms with van der Waals surface area (Å²) in [7, 11) is 1.65. The molecule has 120 valence electrons. The second kappa shape index (κ2) is 6.91. The van der Waals surface area contributed by atoms with E-state index < -0.39 is 0 Å². The van der Waals surface area contributed by atoms with E-state index >= 15 is 0 Å². The molecule has 0 aliphatic heterocycles. The van der Waals surface area contributed by atoms with Crippen molar-refractivity contribution in [2.75, 3.05) is 7.11 Å². The number of halogens is 1. The Morgan fingerprint density at radius 1 is 1.17 bits per heavy atom. The van der Waals surface area contributed by atoms with Gasteiger partial charge in [0.2, 0.25) is 0 Å². The smallest absolute Gasteiger partial charge is 0.183 e. The van der Waals surface area contributed by atoms with Crippen LogP contribution in [0.3, 0.4) is 0 Å². The summed E-state index contributed by atoms with van der Waals surface area (Å²) in [6.07, 6.45) is 2.92. The fourth-order valence-electron chi connectivity index (χ4n) is 2.32. The molecule has 0 saturated carbocycles. The molecular weight excluding hydrogens is 314 g/mol. The third-order valence-electron chi connectivity index (χ3n) is 3.61. The molecule has 0 unspecified atom stereocenters. The van der Waals surface area contributed by atoms with Crippen LogP contribution >= 0.6 is 11.6 Å². The van der Waals surface area contributed by atoms with E-state index in [4.69, 9.17) is 16.3 Å². The van der Waals surface area contributed by atoms with Gasteiger partial charge in [-0.15, -0.1) is 5.10 Å². The number of ether oxygens (including phenoxy) is 1. The standard InChI is InChI=1S/C16H18ClN5O/c1-3-4-5-13-18-15(17)14-16(19-13)22(21-20-14)10-11-6-8-12(23-2)9-7-11/h6-9H,3-5,10H2,1-2H3. The molecule has 0 spiro atoms. The van der Waals surface area contributed by atoms with Gasteiger partial charge in [-0.25, -0.2) is 14.6 Å². The number of nitrogens with zero attached hydrogens (tertiary/aromatic N) is 5. The zero-order valence-corrected chi connectivity index (χ0v) is 13.9. The summed E-state index contributed by atoms with van der Waals surface area (Å²) in [5.41, 5.74) is 2.30. The van der Waals surface area contributed by atoms with Crippen molar-refractivity contribution in [1.29, 1.82) is 0 Å². The number of benzene rings is 1. The van der Waals surface area contributed by atoms with Crippen molar-refractivity contribution < 1.29 is 4.74 Å². The van der Waals surface area contributed by atoms with Crippen LogP contribution in [0.15, 0.2) is 24.3 Å². The van der Waals surface area contributed by atoms with Gasteiger partial charge in [0.1, 0.15) is 11.6 Å². The van der Waals surface area contributed by atoms with Crippen molar-refractivity contribution in [3.8, 4) is 5.75 Å². The van der Waals surface area contributed by atoms with E-state index in [0.717, 1.165) is 36.4 Å². The normalized spacial score (nSPS) is 11.1. The predicted octanol–water partition coefficient (Wildman–Crippen LogP) is 3.27. The summed E-state index contributed by atoms with van der Waals surface area (Å²) in [5.74, 6) is 1.56. The maximum absolute atomic E-state index is 6.21. The van der Waals surface area contributed by atoms with Gasteiger partial charge in [-0.05, 0) is 24.1 Å². The van der Waals surface area contributed by atoms with Crippen molar-refractivity contribution >= 4 is 22.8 Å². The molecule has 0 aliphatic rings. The fraction of sp³-hybridized carbons (Fsp3) is 0.375. The molecule has 3 rings (SSSR count). The minimum Gasteiger partial charge on any atom is -0.497 e. The summed E-state index contributed by atoms with van der Waals surface area (Å²) < 4.78 is 6.92. The average Bonchev–Trinajstić information content (AvgIpc) is 2.97. The van der Waals surface area contributed by atoms with E-state index in [2.05, 4.69) is 27.2 Å². The molecule has 0 fully saturated rings. The van der Waals surface area contributed by atoms with Crippen molar-refractivity contribution in [2.24, 2.45) is 0 Å². The van der Waals surface area contributed by atoms with Gasteiger partial charge < -0.3 is 4.74 Å². The molecule has 3 aromatic rings. The third kappa shape index (κ3) is 3.42. The summed E-state index contributed by atoms with van der Waals surface area (Å²) in [6, 6.07) is 7.83. The Morgan fingerprint density at radius 3 is 2.65 bits per heavy atom.